The van der Waals surface area contributed by atoms with Crippen molar-refractivity contribution in [3.63, 3.8) is 0 Å². The van der Waals surface area contributed by atoms with Crippen molar-refractivity contribution in [1.82, 2.24) is 25.5 Å². The van der Waals surface area contributed by atoms with Crippen LogP contribution in [0.2, 0.25) is 0 Å². The molecular weight excluding hydrogens is 262 g/mol. The standard InChI is InChI=1S/C8H13N5O4S/c1-5(14)9-6(8(15)16)3-18(17)4-7-10-12-13(2)11-7/h6H,3-4H2,1-2H3,(H,9,14)(H,15,16). The van der Waals surface area contributed by atoms with Gasteiger partial charge in [0, 0.05) is 17.7 Å². The summed E-state index contributed by atoms with van der Waals surface area (Å²) >= 11 is 0. The molecule has 0 spiro atoms. The summed E-state index contributed by atoms with van der Waals surface area (Å²) < 4.78 is 11.7. The van der Waals surface area contributed by atoms with Crippen LogP contribution in [0.1, 0.15) is 12.7 Å². The molecule has 0 aliphatic rings. The second-order valence-corrected chi connectivity index (χ2v) is 5.04. The third-order valence-corrected chi connectivity index (χ3v) is 3.15. The van der Waals surface area contributed by atoms with E-state index in [1.807, 2.05) is 0 Å². The van der Waals surface area contributed by atoms with Gasteiger partial charge < -0.3 is 10.4 Å². The number of aromatic nitrogens is 4. The molecule has 0 aliphatic heterocycles. The Bertz CT molecular complexity index is 474. The van der Waals surface area contributed by atoms with Gasteiger partial charge in [-0.3, -0.25) is 9.00 Å². The van der Waals surface area contributed by atoms with Gasteiger partial charge in [0.2, 0.25) is 5.91 Å². The molecule has 2 N–H and O–H groups in total. The number of carbonyl (C=O) groups is 2. The zero-order valence-electron chi connectivity index (χ0n) is 9.86. The first-order valence-electron chi connectivity index (χ1n) is 4.96. The minimum absolute atomic E-state index is 0.00277. The molecule has 1 rings (SSSR count). The lowest BCUT2D eigenvalue weighted by molar-refractivity contribution is -0.140. The van der Waals surface area contributed by atoms with Crippen LogP contribution in [0.3, 0.4) is 0 Å². The summed E-state index contributed by atoms with van der Waals surface area (Å²) in [6.07, 6.45) is 0. The molecule has 0 aliphatic carbocycles. The molecule has 18 heavy (non-hydrogen) atoms. The first-order valence-corrected chi connectivity index (χ1v) is 6.45. The number of aryl methyl sites for hydroxylation is 1. The van der Waals surface area contributed by atoms with Crippen LogP contribution >= 0.6 is 0 Å². The summed E-state index contributed by atoms with van der Waals surface area (Å²) in [5.41, 5.74) is 0. The van der Waals surface area contributed by atoms with Gasteiger partial charge in [0.15, 0.2) is 5.82 Å². The van der Waals surface area contributed by atoms with E-state index < -0.39 is 28.7 Å². The maximum absolute atomic E-state index is 11.7. The van der Waals surface area contributed by atoms with Crippen LogP contribution < -0.4 is 5.32 Å². The van der Waals surface area contributed by atoms with E-state index in [2.05, 4.69) is 20.7 Å². The van der Waals surface area contributed by atoms with Crippen LogP contribution in [0.15, 0.2) is 0 Å². The zero-order chi connectivity index (χ0) is 13.7. The maximum Gasteiger partial charge on any atom is 0.327 e. The van der Waals surface area contributed by atoms with E-state index >= 15 is 0 Å². The van der Waals surface area contributed by atoms with Gasteiger partial charge in [0.25, 0.3) is 0 Å². The van der Waals surface area contributed by atoms with Crippen molar-refractivity contribution in [3.8, 4) is 0 Å². The van der Waals surface area contributed by atoms with Gasteiger partial charge >= 0.3 is 5.97 Å². The van der Waals surface area contributed by atoms with E-state index in [1.54, 1.807) is 7.05 Å². The lowest BCUT2D eigenvalue weighted by Crippen LogP contribution is -2.43. The topological polar surface area (TPSA) is 127 Å². The lowest BCUT2D eigenvalue weighted by Gasteiger charge is -2.11. The summed E-state index contributed by atoms with van der Waals surface area (Å²) in [4.78, 5) is 22.8. The Balaban J connectivity index is 2.56. The molecule has 10 heteroatoms. The number of carboxylic acids is 1. The molecule has 1 aromatic heterocycles. The van der Waals surface area contributed by atoms with Crippen molar-refractivity contribution < 1.29 is 18.9 Å². The average molecular weight is 275 g/mol. The van der Waals surface area contributed by atoms with Crippen molar-refractivity contribution in [1.29, 1.82) is 0 Å². The maximum atomic E-state index is 11.7. The second-order valence-electron chi connectivity index (χ2n) is 3.54. The number of tetrazole rings is 1. The van der Waals surface area contributed by atoms with Crippen LogP contribution in [-0.4, -0.2) is 53.2 Å². The first-order chi connectivity index (χ1) is 8.38. The molecule has 0 radical (unpaired) electrons. The third-order valence-electron chi connectivity index (χ3n) is 1.87. The Morgan fingerprint density at radius 2 is 2.22 bits per heavy atom. The average Bonchev–Trinajstić information content (AvgIpc) is 2.62. The summed E-state index contributed by atoms with van der Waals surface area (Å²) in [6.45, 7) is 1.20. The predicted octanol–water partition coefficient (Wildman–Crippen LogP) is -1.95. The summed E-state index contributed by atoms with van der Waals surface area (Å²) in [5.74, 6) is -1.66. The van der Waals surface area contributed by atoms with E-state index in [4.69, 9.17) is 5.11 Å². The molecule has 0 bridgehead atoms. The summed E-state index contributed by atoms with van der Waals surface area (Å²) in [5, 5.41) is 22.1. The molecule has 100 valence electrons. The molecule has 0 fully saturated rings. The zero-order valence-corrected chi connectivity index (χ0v) is 10.7. The van der Waals surface area contributed by atoms with Crippen LogP contribution in [0, 0.1) is 0 Å². The number of carbonyl (C=O) groups excluding carboxylic acids is 1. The number of hydrogen-bond donors (Lipinski definition) is 2. The van der Waals surface area contributed by atoms with Crippen LogP contribution in [0.4, 0.5) is 0 Å². The van der Waals surface area contributed by atoms with Gasteiger partial charge in [0.1, 0.15) is 6.04 Å². The molecule has 0 saturated carbocycles. The largest absolute Gasteiger partial charge is 0.480 e. The molecule has 0 aromatic carbocycles. The molecule has 1 amide bonds. The minimum atomic E-state index is -1.50. The highest BCUT2D eigenvalue weighted by Gasteiger charge is 2.22. The highest BCUT2D eigenvalue weighted by atomic mass is 32.2. The fourth-order valence-electron chi connectivity index (χ4n) is 1.19. The number of nitrogens with one attached hydrogen (secondary N) is 1. The number of nitrogens with zero attached hydrogens (tertiary/aromatic N) is 4. The summed E-state index contributed by atoms with van der Waals surface area (Å²) in [7, 11) is 0.0676. The van der Waals surface area contributed by atoms with E-state index in [0.717, 1.165) is 0 Å². The Labute approximate surface area is 105 Å². The molecule has 1 heterocycles. The molecule has 2 unspecified atom stereocenters. The predicted molar refractivity (Wildman–Crippen MR) is 60.8 cm³/mol. The van der Waals surface area contributed by atoms with E-state index in [1.165, 1.54) is 11.7 Å². The Hall–Kier alpha value is -1.84. The summed E-state index contributed by atoms with van der Waals surface area (Å²) in [6, 6.07) is -1.18. The van der Waals surface area contributed by atoms with Gasteiger partial charge in [-0.2, -0.15) is 4.80 Å². The first kappa shape index (κ1) is 14.2. The minimum Gasteiger partial charge on any atom is -0.480 e. The number of hydrogen-bond acceptors (Lipinski definition) is 6. The third kappa shape index (κ3) is 4.57. The molecule has 0 saturated heterocycles. The Morgan fingerprint density at radius 1 is 1.56 bits per heavy atom. The monoisotopic (exact) mass is 275 g/mol. The number of aliphatic carboxylic acids is 1. The fraction of sp³-hybridized carbons (Fsp3) is 0.625. The highest BCUT2D eigenvalue weighted by Crippen LogP contribution is 1.98. The van der Waals surface area contributed by atoms with Crippen LogP contribution in [0.5, 0.6) is 0 Å². The van der Waals surface area contributed by atoms with Crippen molar-refractivity contribution >= 4 is 22.7 Å². The lowest BCUT2D eigenvalue weighted by atomic mass is 10.3. The number of rotatable bonds is 6. The van der Waals surface area contributed by atoms with E-state index in [0.29, 0.717) is 0 Å². The number of amides is 1. The molecule has 1 aromatic rings. The highest BCUT2D eigenvalue weighted by molar-refractivity contribution is 7.84. The van der Waals surface area contributed by atoms with Crippen molar-refractivity contribution in [3.05, 3.63) is 5.82 Å². The molecule has 9 nitrogen and oxygen atoms in total. The molecule has 2 atom stereocenters. The van der Waals surface area contributed by atoms with Gasteiger partial charge in [-0.15, -0.1) is 10.2 Å². The normalized spacial score (nSPS) is 13.9. The molecular formula is C8H13N5O4S. The Morgan fingerprint density at radius 3 is 2.67 bits per heavy atom. The van der Waals surface area contributed by atoms with Crippen molar-refractivity contribution in [2.75, 3.05) is 5.75 Å². The van der Waals surface area contributed by atoms with Gasteiger partial charge in [0.05, 0.1) is 18.6 Å². The van der Waals surface area contributed by atoms with E-state index in [9.17, 15) is 13.8 Å². The van der Waals surface area contributed by atoms with E-state index in [-0.39, 0.29) is 17.3 Å². The van der Waals surface area contributed by atoms with Crippen molar-refractivity contribution in [2.45, 2.75) is 18.7 Å². The number of carboxylic acid groups (broad SMARTS) is 1. The SMILES string of the molecule is CC(=O)NC(CS(=O)Cc1nnn(C)n1)C(=O)O. The van der Waals surface area contributed by atoms with Gasteiger partial charge in [-0.1, -0.05) is 0 Å². The van der Waals surface area contributed by atoms with Crippen LogP contribution in [0.25, 0.3) is 0 Å². The van der Waals surface area contributed by atoms with Gasteiger partial charge in [-0.05, 0) is 5.21 Å². The smallest absolute Gasteiger partial charge is 0.327 e. The quantitative estimate of drug-likeness (QED) is 0.617. The fourth-order valence-corrected chi connectivity index (χ4v) is 2.31. The van der Waals surface area contributed by atoms with Crippen LogP contribution in [-0.2, 0) is 33.2 Å². The Kier molecular flexibility index (Phi) is 4.89. The van der Waals surface area contributed by atoms with Gasteiger partial charge in [-0.25, -0.2) is 4.79 Å². The van der Waals surface area contributed by atoms with Crippen molar-refractivity contribution in [2.24, 2.45) is 7.05 Å². The second kappa shape index (κ2) is 6.19.